The number of thiophene rings is 1. The summed E-state index contributed by atoms with van der Waals surface area (Å²) < 4.78 is 6.91. The average Bonchev–Trinajstić information content (AvgIpc) is 3.45. The number of carbonyl (C=O) groups is 1. The first kappa shape index (κ1) is 18.9. The van der Waals surface area contributed by atoms with Crippen molar-refractivity contribution in [3.05, 3.63) is 94.4 Å². The Kier molecular flexibility index (Phi) is 5.67. The maximum absolute atomic E-state index is 13.3. The molecule has 2 aromatic carbocycles. The Bertz CT molecular complexity index is 1060. The van der Waals surface area contributed by atoms with Gasteiger partial charge in [-0.2, -0.15) is 0 Å². The number of benzene rings is 2. The van der Waals surface area contributed by atoms with E-state index in [1.807, 2.05) is 72.1 Å². The molecule has 0 bridgehead atoms. The SMILES string of the molecule is COc1ccc(N(Cc2cccs2)C(=O)c2cn(Cc3ccccc3)nn2)cc1. The lowest BCUT2D eigenvalue weighted by atomic mass is 10.2. The van der Waals surface area contributed by atoms with Crippen LogP contribution in [-0.2, 0) is 13.1 Å². The van der Waals surface area contributed by atoms with Gasteiger partial charge in [0, 0.05) is 10.6 Å². The molecule has 2 aromatic heterocycles. The number of rotatable bonds is 7. The van der Waals surface area contributed by atoms with Gasteiger partial charge in [-0.3, -0.25) is 4.79 Å². The first-order valence-electron chi connectivity index (χ1n) is 9.15. The number of nitrogens with zero attached hydrogens (tertiary/aromatic N) is 4. The summed E-state index contributed by atoms with van der Waals surface area (Å²) in [5, 5.41) is 10.3. The molecule has 4 rings (SSSR count). The molecule has 0 atom stereocenters. The van der Waals surface area contributed by atoms with Crippen LogP contribution >= 0.6 is 11.3 Å². The minimum Gasteiger partial charge on any atom is -0.497 e. The summed E-state index contributed by atoms with van der Waals surface area (Å²) in [7, 11) is 1.62. The Balaban J connectivity index is 1.59. The van der Waals surface area contributed by atoms with E-state index < -0.39 is 0 Å². The van der Waals surface area contributed by atoms with Crippen LogP contribution in [0.25, 0.3) is 0 Å². The van der Waals surface area contributed by atoms with Crippen molar-refractivity contribution in [1.82, 2.24) is 15.0 Å². The second-order valence-corrected chi connectivity index (χ2v) is 7.49. The molecule has 0 radical (unpaired) electrons. The molecule has 6 nitrogen and oxygen atoms in total. The highest BCUT2D eigenvalue weighted by Gasteiger charge is 2.22. The largest absolute Gasteiger partial charge is 0.497 e. The molecule has 0 aliphatic heterocycles. The number of hydrogen-bond donors (Lipinski definition) is 0. The first-order valence-corrected chi connectivity index (χ1v) is 10.0. The van der Waals surface area contributed by atoms with Gasteiger partial charge in [-0.05, 0) is 41.3 Å². The van der Waals surface area contributed by atoms with Gasteiger partial charge in [0.15, 0.2) is 5.69 Å². The number of ether oxygens (including phenoxy) is 1. The number of carbonyl (C=O) groups excluding carboxylic acids is 1. The lowest BCUT2D eigenvalue weighted by molar-refractivity contribution is 0.0980. The van der Waals surface area contributed by atoms with E-state index in [2.05, 4.69) is 10.3 Å². The highest BCUT2D eigenvalue weighted by Crippen LogP contribution is 2.24. The zero-order chi connectivity index (χ0) is 20.1. The van der Waals surface area contributed by atoms with Gasteiger partial charge < -0.3 is 9.64 Å². The summed E-state index contributed by atoms with van der Waals surface area (Å²) in [6, 6.07) is 21.4. The van der Waals surface area contributed by atoms with Gasteiger partial charge in [-0.1, -0.05) is 41.6 Å². The quantitative estimate of drug-likeness (QED) is 0.462. The smallest absolute Gasteiger partial charge is 0.280 e. The van der Waals surface area contributed by atoms with Crippen molar-refractivity contribution in [3.63, 3.8) is 0 Å². The zero-order valence-electron chi connectivity index (χ0n) is 15.9. The normalized spacial score (nSPS) is 10.7. The molecule has 0 unspecified atom stereocenters. The van der Waals surface area contributed by atoms with Crippen LogP contribution in [-0.4, -0.2) is 28.0 Å². The van der Waals surface area contributed by atoms with Crippen LogP contribution in [0.4, 0.5) is 5.69 Å². The van der Waals surface area contributed by atoms with Gasteiger partial charge >= 0.3 is 0 Å². The van der Waals surface area contributed by atoms with E-state index in [1.54, 1.807) is 34.2 Å². The minimum atomic E-state index is -0.192. The highest BCUT2D eigenvalue weighted by atomic mass is 32.1. The Hall–Kier alpha value is -3.45. The molecule has 0 fully saturated rings. The van der Waals surface area contributed by atoms with Crippen LogP contribution in [0.5, 0.6) is 5.75 Å². The Morgan fingerprint density at radius 2 is 1.86 bits per heavy atom. The molecule has 2 heterocycles. The maximum atomic E-state index is 13.3. The van der Waals surface area contributed by atoms with E-state index in [4.69, 9.17) is 4.74 Å². The van der Waals surface area contributed by atoms with Crippen molar-refractivity contribution in [2.75, 3.05) is 12.0 Å². The molecule has 0 aliphatic carbocycles. The van der Waals surface area contributed by atoms with Crippen LogP contribution in [0.3, 0.4) is 0 Å². The summed E-state index contributed by atoms with van der Waals surface area (Å²) in [4.78, 5) is 16.1. The topological polar surface area (TPSA) is 60.2 Å². The molecule has 0 aliphatic rings. The molecule has 0 N–H and O–H groups in total. The number of anilines is 1. The van der Waals surface area contributed by atoms with Crippen molar-refractivity contribution in [2.24, 2.45) is 0 Å². The summed E-state index contributed by atoms with van der Waals surface area (Å²) in [5.41, 5.74) is 2.19. The van der Waals surface area contributed by atoms with Crippen LogP contribution in [0.2, 0.25) is 0 Å². The molecule has 29 heavy (non-hydrogen) atoms. The van der Waals surface area contributed by atoms with Crippen LogP contribution in [0, 0.1) is 0 Å². The number of methoxy groups -OCH3 is 1. The van der Waals surface area contributed by atoms with Crippen LogP contribution in [0.1, 0.15) is 20.9 Å². The van der Waals surface area contributed by atoms with Crippen molar-refractivity contribution >= 4 is 22.9 Å². The zero-order valence-corrected chi connectivity index (χ0v) is 16.7. The molecule has 0 saturated carbocycles. The fourth-order valence-electron chi connectivity index (χ4n) is 2.98. The molecule has 7 heteroatoms. The van der Waals surface area contributed by atoms with Crippen LogP contribution in [0.15, 0.2) is 78.3 Å². The third kappa shape index (κ3) is 4.52. The highest BCUT2D eigenvalue weighted by molar-refractivity contribution is 7.09. The predicted molar refractivity (Wildman–Crippen MR) is 113 cm³/mol. The number of aromatic nitrogens is 3. The third-order valence-electron chi connectivity index (χ3n) is 4.47. The summed E-state index contributed by atoms with van der Waals surface area (Å²) in [5.74, 6) is 0.550. The lowest BCUT2D eigenvalue weighted by Gasteiger charge is -2.21. The predicted octanol–water partition coefficient (Wildman–Crippen LogP) is 4.24. The second-order valence-electron chi connectivity index (χ2n) is 6.46. The lowest BCUT2D eigenvalue weighted by Crippen LogP contribution is -2.30. The fraction of sp³-hybridized carbons (Fsp3) is 0.136. The Labute approximate surface area is 173 Å². The van der Waals surface area contributed by atoms with E-state index in [9.17, 15) is 4.79 Å². The number of hydrogen-bond acceptors (Lipinski definition) is 5. The van der Waals surface area contributed by atoms with Crippen molar-refractivity contribution < 1.29 is 9.53 Å². The van der Waals surface area contributed by atoms with Gasteiger partial charge in [0.1, 0.15) is 5.75 Å². The van der Waals surface area contributed by atoms with Gasteiger partial charge in [0.05, 0.1) is 26.4 Å². The van der Waals surface area contributed by atoms with Gasteiger partial charge in [0.2, 0.25) is 0 Å². The molecule has 4 aromatic rings. The Morgan fingerprint density at radius 1 is 1.07 bits per heavy atom. The third-order valence-corrected chi connectivity index (χ3v) is 5.33. The molecule has 0 spiro atoms. The van der Waals surface area contributed by atoms with Crippen LogP contribution < -0.4 is 9.64 Å². The van der Waals surface area contributed by atoms with E-state index in [1.165, 1.54) is 0 Å². The second kappa shape index (κ2) is 8.70. The first-order chi connectivity index (χ1) is 14.2. The van der Waals surface area contributed by atoms with Crippen molar-refractivity contribution in [2.45, 2.75) is 13.1 Å². The minimum absolute atomic E-state index is 0.192. The molecule has 0 saturated heterocycles. The van der Waals surface area contributed by atoms with Gasteiger partial charge in [0.25, 0.3) is 5.91 Å². The summed E-state index contributed by atoms with van der Waals surface area (Å²) in [6.45, 7) is 1.03. The maximum Gasteiger partial charge on any atom is 0.280 e. The molecule has 146 valence electrons. The van der Waals surface area contributed by atoms with Gasteiger partial charge in [-0.25, -0.2) is 4.68 Å². The average molecular weight is 404 g/mol. The van der Waals surface area contributed by atoms with Crippen molar-refractivity contribution in [1.29, 1.82) is 0 Å². The fourth-order valence-corrected chi connectivity index (χ4v) is 3.68. The summed E-state index contributed by atoms with van der Waals surface area (Å²) >= 11 is 1.61. The molecule has 1 amide bonds. The Morgan fingerprint density at radius 3 is 2.55 bits per heavy atom. The van der Waals surface area contributed by atoms with Gasteiger partial charge in [-0.15, -0.1) is 16.4 Å². The van der Waals surface area contributed by atoms with E-state index >= 15 is 0 Å². The van der Waals surface area contributed by atoms with E-state index in [0.29, 0.717) is 18.8 Å². The monoisotopic (exact) mass is 404 g/mol. The van der Waals surface area contributed by atoms with E-state index in [0.717, 1.165) is 21.9 Å². The molecular weight excluding hydrogens is 384 g/mol. The van der Waals surface area contributed by atoms with Crippen molar-refractivity contribution in [3.8, 4) is 5.75 Å². The number of amides is 1. The summed E-state index contributed by atoms with van der Waals surface area (Å²) in [6.07, 6.45) is 1.69. The molecular formula is C22H20N4O2S. The van der Waals surface area contributed by atoms with E-state index in [-0.39, 0.29) is 5.91 Å². The standard InChI is InChI=1S/C22H20N4O2S/c1-28-19-11-9-18(10-12-19)26(15-20-8-5-13-29-20)22(27)21-16-25(24-23-21)14-17-6-3-2-4-7-17/h2-13,16H,14-15H2,1H3.